The SMILES string of the molecule is CC(=O)O.CC(=O)O.CC(=O)O.CC(=O)O.Nc1ccccc1C[C@H]1CNCCNCCNCCN1. The highest BCUT2D eigenvalue weighted by atomic mass is 16.4. The zero-order valence-electron chi connectivity index (χ0n) is 21.5. The van der Waals surface area contributed by atoms with E-state index in [-0.39, 0.29) is 0 Å². The van der Waals surface area contributed by atoms with Crippen molar-refractivity contribution >= 4 is 29.6 Å². The molecule has 0 radical (unpaired) electrons. The van der Waals surface area contributed by atoms with Gasteiger partial charge >= 0.3 is 0 Å². The number of benzene rings is 1. The highest BCUT2D eigenvalue weighted by Crippen LogP contribution is 2.12. The molecule has 1 fully saturated rings. The monoisotopic (exact) mass is 517 g/mol. The van der Waals surface area contributed by atoms with Crippen molar-refractivity contribution in [2.45, 2.75) is 40.2 Å². The number of anilines is 1. The first-order valence-electron chi connectivity index (χ1n) is 11.3. The molecule has 0 spiro atoms. The third kappa shape index (κ3) is 41.0. The molecule has 1 atom stereocenters. The first-order chi connectivity index (χ1) is 16.8. The zero-order valence-corrected chi connectivity index (χ0v) is 21.5. The molecule has 13 nitrogen and oxygen atoms in total. The van der Waals surface area contributed by atoms with E-state index < -0.39 is 23.9 Å². The molecule has 0 unspecified atom stereocenters. The maximum atomic E-state index is 9.00. The minimum absolute atomic E-state index is 0.418. The Kier molecular flexibility index (Phi) is 27.3. The summed E-state index contributed by atoms with van der Waals surface area (Å²) in [6.07, 6.45) is 0.965. The molecule has 1 aromatic rings. The number of nitrogens with two attached hydrogens (primary N) is 1. The van der Waals surface area contributed by atoms with Gasteiger partial charge in [0.1, 0.15) is 0 Å². The van der Waals surface area contributed by atoms with E-state index in [1.54, 1.807) is 0 Å². The van der Waals surface area contributed by atoms with E-state index in [4.69, 9.17) is 45.3 Å². The van der Waals surface area contributed by atoms with Crippen LogP contribution in [0.4, 0.5) is 5.69 Å². The summed E-state index contributed by atoms with van der Waals surface area (Å²) in [7, 11) is 0. The number of carbonyl (C=O) groups is 4. The average Bonchev–Trinajstić information content (AvgIpc) is 2.70. The van der Waals surface area contributed by atoms with Crippen molar-refractivity contribution in [2.75, 3.05) is 51.5 Å². The second-order valence-electron chi connectivity index (χ2n) is 7.33. The molecule has 0 aromatic heterocycles. The lowest BCUT2D eigenvalue weighted by molar-refractivity contribution is -0.135. The number of nitrogens with one attached hydrogen (secondary N) is 4. The van der Waals surface area contributed by atoms with Gasteiger partial charge in [0.25, 0.3) is 23.9 Å². The summed E-state index contributed by atoms with van der Waals surface area (Å²) in [5.41, 5.74) is 8.15. The van der Waals surface area contributed by atoms with Crippen LogP contribution >= 0.6 is 0 Å². The van der Waals surface area contributed by atoms with Gasteiger partial charge in [-0.15, -0.1) is 0 Å². The van der Waals surface area contributed by atoms with Gasteiger partial charge in [0.05, 0.1) is 0 Å². The first kappa shape index (κ1) is 37.3. The molecule has 1 aliphatic rings. The summed E-state index contributed by atoms with van der Waals surface area (Å²) in [6.45, 7) is 11.4. The molecule has 36 heavy (non-hydrogen) atoms. The Morgan fingerprint density at radius 2 is 1.08 bits per heavy atom. The molecule has 1 heterocycles. The Hall–Kier alpha value is -3.26. The van der Waals surface area contributed by atoms with Crippen LogP contribution in [0.1, 0.15) is 33.3 Å². The van der Waals surface area contributed by atoms with Crippen LogP contribution in [0, 0.1) is 0 Å². The zero-order chi connectivity index (χ0) is 28.4. The summed E-state index contributed by atoms with van der Waals surface area (Å²) < 4.78 is 0. The summed E-state index contributed by atoms with van der Waals surface area (Å²) in [5.74, 6) is -3.33. The Morgan fingerprint density at radius 3 is 1.50 bits per heavy atom. The van der Waals surface area contributed by atoms with E-state index in [1.807, 2.05) is 12.1 Å². The van der Waals surface area contributed by atoms with Gasteiger partial charge in [0, 0.05) is 85.2 Å². The number of rotatable bonds is 2. The molecule has 2 rings (SSSR count). The summed E-state index contributed by atoms with van der Waals surface area (Å²) in [5, 5.41) is 43.6. The van der Waals surface area contributed by atoms with Gasteiger partial charge in [-0.05, 0) is 18.1 Å². The minimum Gasteiger partial charge on any atom is -0.481 e. The molecule has 1 saturated heterocycles. The number of carboxylic acids is 4. The molecule has 13 heteroatoms. The van der Waals surface area contributed by atoms with Crippen LogP contribution in [0.15, 0.2) is 24.3 Å². The van der Waals surface area contributed by atoms with Gasteiger partial charge in [0.2, 0.25) is 0 Å². The van der Waals surface area contributed by atoms with Crippen molar-refractivity contribution in [2.24, 2.45) is 0 Å². The number of aliphatic carboxylic acids is 4. The van der Waals surface area contributed by atoms with Crippen LogP contribution in [-0.2, 0) is 25.6 Å². The van der Waals surface area contributed by atoms with Crippen molar-refractivity contribution in [3.05, 3.63) is 29.8 Å². The fourth-order valence-corrected chi connectivity index (χ4v) is 2.45. The predicted molar refractivity (Wildman–Crippen MR) is 138 cm³/mol. The van der Waals surface area contributed by atoms with Gasteiger partial charge in [-0.3, -0.25) is 19.2 Å². The van der Waals surface area contributed by atoms with Gasteiger partial charge in [-0.25, -0.2) is 0 Å². The van der Waals surface area contributed by atoms with E-state index in [1.165, 1.54) is 5.56 Å². The second-order valence-corrected chi connectivity index (χ2v) is 7.33. The fourth-order valence-electron chi connectivity index (χ4n) is 2.45. The summed E-state index contributed by atoms with van der Waals surface area (Å²) in [4.78, 5) is 36.0. The predicted octanol–water partition coefficient (Wildman–Crippen LogP) is -0.0845. The molecular weight excluding hydrogens is 474 g/mol. The maximum Gasteiger partial charge on any atom is 0.300 e. The number of nitrogen functional groups attached to an aromatic ring is 1. The van der Waals surface area contributed by atoms with Crippen molar-refractivity contribution in [3.63, 3.8) is 0 Å². The third-order valence-electron chi connectivity index (χ3n) is 3.60. The van der Waals surface area contributed by atoms with Crippen LogP contribution in [-0.4, -0.2) is 96.2 Å². The van der Waals surface area contributed by atoms with Gasteiger partial charge in [-0.1, -0.05) is 18.2 Å². The number of para-hydroxylation sites is 1. The second kappa shape index (κ2) is 26.3. The molecule has 0 bridgehead atoms. The average molecular weight is 518 g/mol. The van der Waals surface area contributed by atoms with Crippen molar-refractivity contribution in [1.29, 1.82) is 0 Å². The van der Waals surface area contributed by atoms with Gasteiger partial charge < -0.3 is 47.4 Å². The highest BCUT2D eigenvalue weighted by molar-refractivity contribution is 5.63. The normalized spacial score (nSPS) is 15.4. The Balaban J connectivity index is -0.000000557. The maximum absolute atomic E-state index is 9.00. The van der Waals surface area contributed by atoms with Crippen LogP contribution in [0.2, 0.25) is 0 Å². The van der Waals surface area contributed by atoms with E-state index in [9.17, 15) is 0 Å². The van der Waals surface area contributed by atoms with Crippen LogP contribution < -0.4 is 27.0 Å². The van der Waals surface area contributed by atoms with Gasteiger partial charge in [-0.2, -0.15) is 0 Å². The fraction of sp³-hybridized carbons (Fsp3) is 0.565. The number of carboxylic acid groups (broad SMARTS) is 4. The van der Waals surface area contributed by atoms with E-state index in [2.05, 4.69) is 33.4 Å². The first-order valence-corrected chi connectivity index (χ1v) is 11.3. The largest absolute Gasteiger partial charge is 0.481 e. The van der Waals surface area contributed by atoms with Crippen molar-refractivity contribution in [3.8, 4) is 0 Å². The van der Waals surface area contributed by atoms with E-state index >= 15 is 0 Å². The van der Waals surface area contributed by atoms with Crippen LogP contribution in [0.3, 0.4) is 0 Å². The smallest absolute Gasteiger partial charge is 0.300 e. The molecular formula is C23H43N5O8. The lowest BCUT2D eigenvalue weighted by Crippen LogP contribution is -2.46. The standard InChI is InChI=1S/C15H27N5.4C2H4O2/c16-15-4-2-1-3-13(15)11-14-12-19-8-7-17-5-6-18-9-10-20-14;4*1-2(3)4/h1-4,14,17-20H,5-12,16H2;4*1H3,(H,3,4)/t14-;;;;/m0..../s1. The molecule has 0 aliphatic carbocycles. The third-order valence-corrected chi connectivity index (χ3v) is 3.60. The summed E-state index contributed by atoms with van der Waals surface area (Å²) in [6, 6.07) is 8.55. The molecule has 1 aliphatic heterocycles. The van der Waals surface area contributed by atoms with Crippen LogP contribution in [0.5, 0.6) is 0 Å². The van der Waals surface area contributed by atoms with Gasteiger partial charge in [0.15, 0.2) is 0 Å². The lowest BCUT2D eigenvalue weighted by atomic mass is 10.0. The quantitative estimate of drug-likeness (QED) is 0.234. The molecule has 1 aromatic carbocycles. The Bertz CT molecular complexity index is 658. The minimum atomic E-state index is -0.833. The summed E-state index contributed by atoms with van der Waals surface area (Å²) >= 11 is 0. The number of hydrogen-bond acceptors (Lipinski definition) is 9. The molecule has 0 amide bonds. The topological polar surface area (TPSA) is 223 Å². The lowest BCUT2D eigenvalue weighted by Gasteiger charge is -2.21. The highest BCUT2D eigenvalue weighted by Gasteiger charge is 2.10. The van der Waals surface area contributed by atoms with Crippen molar-refractivity contribution in [1.82, 2.24) is 21.3 Å². The Morgan fingerprint density at radius 1 is 0.722 bits per heavy atom. The van der Waals surface area contributed by atoms with Crippen molar-refractivity contribution < 1.29 is 39.6 Å². The molecule has 0 saturated carbocycles. The van der Waals surface area contributed by atoms with Crippen LogP contribution in [0.25, 0.3) is 0 Å². The molecule has 208 valence electrons. The molecule has 10 N–H and O–H groups in total. The number of hydrogen-bond donors (Lipinski definition) is 9. The van der Waals surface area contributed by atoms with E-state index in [0.717, 1.165) is 85.6 Å². The van der Waals surface area contributed by atoms with E-state index in [0.29, 0.717) is 6.04 Å². The Labute approximate surface area is 212 Å².